The van der Waals surface area contributed by atoms with Crippen LogP contribution < -0.4 is 5.32 Å². The molecule has 2 heterocycles. The van der Waals surface area contributed by atoms with Crippen molar-refractivity contribution in [1.29, 1.82) is 0 Å². The molecular weight excluding hydrogens is 340 g/mol. The Bertz CT molecular complexity index is 786. The maximum atomic E-state index is 13.5. The van der Waals surface area contributed by atoms with Gasteiger partial charge in [-0.15, -0.1) is 0 Å². The molecule has 0 fully saturated rings. The van der Waals surface area contributed by atoms with Crippen LogP contribution in [0.3, 0.4) is 0 Å². The molecular formula is C15H12BrF2N3. The lowest BCUT2D eigenvalue weighted by Gasteiger charge is -2.04. The molecule has 0 bridgehead atoms. The van der Waals surface area contributed by atoms with Gasteiger partial charge in [-0.1, -0.05) is 6.07 Å². The molecule has 0 aliphatic carbocycles. The van der Waals surface area contributed by atoms with Crippen LogP contribution in [0.4, 0.5) is 8.78 Å². The second-order valence-electron chi connectivity index (χ2n) is 4.68. The van der Waals surface area contributed by atoms with Crippen LogP contribution >= 0.6 is 15.9 Å². The first-order valence-corrected chi connectivity index (χ1v) is 7.19. The highest BCUT2D eigenvalue weighted by Gasteiger charge is 2.05. The molecule has 3 nitrogen and oxygen atoms in total. The van der Waals surface area contributed by atoms with Crippen LogP contribution in [0.5, 0.6) is 0 Å². The summed E-state index contributed by atoms with van der Waals surface area (Å²) in [5.41, 5.74) is 2.14. The molecule has 2 aromatic heterocycles. The van der Waals surface area contributed by atoms with Gasteiger partial charge in [-0.25, -0.2) is 13.8 Å². The highest BCUT2D eigenvalue weighted by atomic mass is 79.9. The van der Waals surface area contributed by atoms with Crippen molar-refractivity contribution in [3.63, 3.8) is 0 Å². The van der Waals surface area contributed by atoms with Crippen LogP contribution in [-0.4, -0.2) is 9.38 Å². The molecule has 108 valence electrons. The zero-order valence-corrected chi connectivity index (χ0v) is 12.6. The quantitative estimate of drug-likeness (QED) is 0.777. The number of fused-ring (bicyclic) bond motifs is 1. The monoisotopic (exact) mass is 351 g/mol. The maximum Gasteiger partial charge on any atom is 0.137 e. The summed E-state index contributed by atoms with van der Waals surface area (Å²) in [4.78, 5) is 4.45. The van der Waals surface area contributed by atoms with E-state index in [4.69, 9.17) is 0 Å². The highest BCUT2D eigenvalue weighted by Crippen LogP contribution is 2.13. The SMILES string of the molecule is Fc1ccc(CNCc2cn3cc(Br)ccc3n2)c(F)c1. The van der Waals surface area contributed by atoms with E-state index in [9.17, 15) is 8.78 Å². The van der Waals surface area contributed by atoms with Gasteiger partial charge >= 0.3 is 0 Å². The van der Waals surface area contributed by atoms with Gasteiger partial charge in [0.05, 0.1) is 5.69 Å². The summed E-state index contributed by atoms with van der Waals surface area (Å²) in [5, 5.41) is 3.10. The Kier molecular flexibility index (Phi) is 3.98. The van der Waals surface area contributed by atoms with Crippen molar-refractivity contribution in [2.75, 3.05) is 0 Å². The van der Waals surface area contributed by atoms with Crippen molar-refractivity contribution < 1.29 is 8.78 Å². The minimum absolute atomic E-state index is 0.323. The third-order valence-electron chi connectivity index (χ3n) is 3.10. The lowest BCUT2D eigenvalue weighted by Crippen LogP contribution is -2.14. The third kappa shape index (κ3) is 3.28. The third-order valence-corrected chi connectivity index (χ3v) is 3.57. The van der Waals surface area contributed by atoms with Gasteiger partial charge in [-0.3, -0.25) is 0 Å². The molecule has 0 saturated carbocycles. The highest BCUT2D eigenvalue weighted by molar-refractivity contribution is 9.10. The molecule has 0 saturated heterocycles. The lowest BCUT2D eigenvalue weighted by molar-refractivity contribution is 0.559. The standard InChI is InChI=1S/C15H12BrF2N3/c16-11-2-4-15-20-13(9-21(15)8-11)7-19-6-10-1-3-12(17)5-14(10)18/h1-5,8-9,19H,6-7H2. The number of rotatable bonds is 4. The fraction of sp³-hybridized carbons (Fsp3) is 0.133. The van der Waals surface area contributed by atoms with E-state index in [1.165, 1.54) is 12.1 Å². The number of nitrogens with zero attached hydrogens (tertiary/aromatic N) is 2. The van der Waals surface area contributed by atoms with Crippen LogP contribution in [0.2, 0.25) is 0 Å². The summed E-state index contributed by atoms with van der Waals surface area (Å²) < 4.78 is 29.2. The first kappa shape index (κ1) is 14.2. The zero-order chi connectivity index (χ0) is 14.8. The van der Waals surface area contributed by atoms with Gasteiger partial charge in [0.25, 0.3) is 0 Å². The Morgan fingerprint density at radius 3 is 2.76 bits per heavy atom. The Morgan fingerprint density at radius 2 is 1.95 bits per heavy atom. The molecule has 1 aromatic carbocycles. The number of imidazole rings is 1. The molecule has 0 amide bonds. The Labute approximate surface area is 128 Å². The van der Waals surface area contributed by atoms with Crippen molar-refractivity contribution >= 4 is 21.6 Å². The van der Waals surface area contributed by atoms with Gasteiger partial charge in [-0.05, 0) is 34.1 Å². The predicted octanol–water partition coefficient (Wildman–Crippen LogP) is 3.66. The summed E-state index contributed by atoms with van der Waals surface area (Å²) in [6, 6.07) is 7.42. The molecule has 3 aromatic rings. The molecule has 6 heteroatoms. The van der Waals surface area contributed by atoms with Crippen LogP contribution in [0.25, 0.3) is 5.65 Å². The fourth-order valence-corrected chi connectivity index (χ4v) is 2.45. The fourth-order valence-electron chi connectivity index (χ4n) is 2.09. The normalized spacial score (nSPS) is 11.2. The maximum absolute atomic E-state index is 13.5. The van der Waals surface area contributed by atoms with Crippen LogP contribution in [0, 0.1) is 11.6 Å². The summed E-state index contributed by atoms with van der Waals surface area (Å²) in [6.45, 7) is 0.833. The number of hydrogen-bond acceptors (Lipinski definition) is 2. The Balaban J connectivity index is 1.66. The van der Waals surface area contributed by atoms with E-state index in [1.807, 2.05) is 28.9 Å². The number of pyridine rings is 1. The van der Waals surface area contributed by atoms with Gasteiger partial charge in [0.15, 0.2) is 0 Å². The molecule has 3 rings (SSSR count). The van der Waals surface area contributed by atoms with Gasteiger partial charge in [0.1, 0.15) is 17.3 Å². The number of hydrogen-bond donors (Lipinski definition) is 1. The van der Waals surface area contributed by atoms with Crippen molar-refractivity contribution in [1.82, 2.24) is 14.7 Å². The minimum atomic E-state index is -0.567. The minimum Gasteiger partial charge on any atom is -0.307 e. The van der Waals surface area contributed by atoms with Crippen molar-refractivity contribution in [3.05, 3.63) is 70.1 Å². The summed E-state index contributed by atoms with van der Waals surface area (Å²) >= 11 is 3.40. The van der Waals surface area contributed by atoms with E-state index < -0.39 is 11.6 Å². The molecule has 1 N–H and O–H groups in total. The molecule has 0 spiro atoms. The average molecular weight is 352 g/mol. The van der Waals surface area contributed by atoms with E-state index in [0.717, 1.165) is 21.9 Å². The predicted molar refractivity (Wildman–Crippen MR) is 79.8 cm³/mol. The van der Waals surface area contributed by atoms with Crippen LogP contribution in [-0.2, 0) is 13.1 Å². The Morgan fingerprint density at radius 1 is 1.10 bits per heavy atom. The van der Waals surface area contributed by atoms with Crippen LogP contribution in [0.15, 0.2) is 47.2 Å². The van der Waals surface area contributed by atoms with Gasteiger partial charge in [0, 0.05) is 41.6 Å². The van der Waals surface area contributed by atoms with Gasteiger partial charge < -0.3 is 9.72 Å². The average Bonchev–Trinajstić information content (AvgIpc) is 2.83. The molecule has 0 unspecified atom stereocenters. The first-order chi connectivity index (χ1) is 10.1. The first-order valence-electron chi connectivity index (χ1n) is 6.39. The van der Waals surface area contributed by atoms with Gasteiger partial charge in [0.2, 0.25) is 0 Å². The summed E-state index contributed by atoms with van der Waals surface area (Å²) in [5.74, 6) is -1.11. The summed E-state index contributed by atoms with van der Waals surface area (Å²) in [7, 11) is 0. The second kappa shape index (κ2) is 5.91. The van der Waals surface area contributed by atoms with Gasteiger partial charge in [-0.2, -0.15) is 0 Å². The van der Waals surface area contributed by atoms with E-state index in [1.54, 1.807) is 0 Å². The van der Waals surface area contributed by atoms with Crippen molar-refractivity contribution in [2.24, 2.45) is 0 Å². The zero-order valence-electron chi connectivity index (χ0n) is 11.0. The van der Waals surface area contributed by atoms with Crippen molar-refractivity contribution in [2.45, 2.75) is 13.1 Å². The Hall–Kier alpha value is -1.79. The number of halogens is 3. The number of aromatic nitrogens is 2. The molecule has 0 aliphatic heterocycles. The topological polar surface area (TPSA) is 29.3 Å². The van der Waals surface area contributed by atoms with Crippen LogP contribution in [0.1, 0.15) is 11.3 Å². The number of benzene rings is 1. The molecule has 0 radical (unpaired) electrons. The van der Waals surface area contributed by atoms with E-state index >= 15 is 0 Å². The second-order valence-corrected chi connectivity index (χ2v) is 5.60. The molecule has 0 atom stereocenters. The largest absolute Gasteiger partial charge is 0.307 e. The smallest absolute Gasteiger partial charge is 0.137 e. The number of nitrogens with one attached hydrogen (secondary N) is 1. The lowest BCUT2D eigenvalue weighted by atomic mass is 10.2. The van der Waals surface area contributed by atoms with E-state index in [0.29, 0.717) is 18.7 Å². The van der Waals surface area contributed by atoms with E-state index in [2.05, 4.69) is 26.2 Å². The summed E-state index contributed by atoms with van der Waals surface area (Å²) in [6.07, 6.45) is 3.83. The molecule has 21 heavy (non-hydrogen) atoms. The molecule has 0 aliphatic rings. The van der Waals surface area contributed by atoms with Crippen molar-refractivity contribution in [3.8, 4) is 0 Å². The van der Waals surface area contributed by atoms with E-state index in [-0.39, 0.29) is 0 Å².